The molecule has 180 valence electrons. The molecule has 1 N–H and O–H groups in total. The first-order valence-electron chi connectivity index (χ1n) is 11.6. The van der Waals surface area contributed by atoms with Crippen LogP contribution in [0.4, 0.5) is 14.5 Å². The van der Waals surface area contributed by atoms with Crippen molar-refractivity contribution in [1.82, 2.24) is 5.32 Å². The number of carbonyl (C=O) groups excluding carboxylic acids is 2. The van der Waals surface area contributed by atoms with E-state index < -0.39 is 11.8 Å². The number of nitrogens with zero attached hydrogens (tertiary/aromatic N) is 1. The number of methoxy groups -OCH3 is 1. The summed E-state index contributed by atoms with van der Waals surface area (Å²) in [5.74, 6) is -1.53. The fourth-order valence-corrected chi connectivity index (χ4v) is 4.95. The smallest absolute Gasteiger partial charge is 0.337 e. The summed E-state index contributed by atoms with van der Waals surface area (Å²) in [4.78, 5) is 27.2. The Hall–Kier alpha value is -3.74. The third kappa shape index (κ3) is 4.38. The van der Waals surface area contributed by atoms with Crippen LogP contribution in [0.3, 0.4) is 0 Å². The Morgan fingerprint density at radius 2 is 1.71 bits per heavy atom. The first-order valence-corrected chi connectivity index (χ1v) is 11.6. The monoisotopic (exact) mass is 476 g/mol. The van der Waals surface area contributed by atoms with Crippen LogP contribution in [-0.2, 0) is 16.7 Å². The zero-order valence-corrected chi connectivity index (χ0v) is 19.6. The molecular weight excluding hydrogens is 450 g/mol. The lowest BCUT2D eigenvalue weighted by molar-refractivity contribution is 0.0600. The van der Waals surface area contributed by atoms with Gasteiger partial charge in [0.15, 0.2) is 0 Å². The predicted octanol–water partition coefficient (Wildman–Crippen LogP) is 5.29. The minimum Gasteiger partial charge on any atom is -0.465 e. The average Bonchev–Trinajstić information content (AvgIpc) is 3.58. The summed E-state index contributed by atoms with van der Waals surface area (Å²) < 4.78 is 32.8. The molecule has 0 bridgehead atoms. The van der Waals surface area contributed by atoms with Crippen molar-refractivity contribution >= 4 is 17.6 Å². The maximum Gasteiger partial charge on any atom is 0.337 e. The highest BCUT2D eigenvalue weighted by Gasteiger charge is 2.53. The second-order valence-electron chi connectivity index (χ2n) is 9.42. The van der Waals surface area contributed by atoms with Crippen LogP contribution in [0, 0.1) is 11.6 Å². The van der Waals surface area contributed by atoms with Crippen LogP contribution in [0.15, 0.2) is 60.7 Å². The Bertz CT molecular complexity index is 1280. The molecule has 3 aromatic carbocycles. The maximum atomic E-state index is 14.7. The third-order valence-corrected chi connectivity index (χ3v) is 7.02. The van der Waals surface area contributed by atoms with Crippen molar-refractivity contribution < 1.29 is 23.1 Å². The van der Waals surface area contributed by atoms with Crippen molar-refractivity contribution in [3.8, 4) is 0 Å². The van der Waals surface area contributed by atoms with Gasteiger partial charge in [0.25, 0.3) is 5.91 Å². The minimum absolute atomic E-state index is 0.123. The van der Waals surface area contributed by atoms with Crippen LogP contribution in [0.25, 0.3) is 0 Å². The lowest BCUT2D eigenvalue weighted by atomic mass is 9.95. The number of esters is 1. The van der Waals surface area contributed by atoms with Gasteiger partial charge in [-0.2, -0.15) is 0 Å². The van der Waals surface area contributed by atoms with E-state index >= 15 is 0 Å². The molecule has 5 rings (SSSR count). The van der Waals surface area contributed by atoms with Gasteiger partial charge in [0.1, 0.15) is 11.6 Å². The lowest BCUT2D eigenvalue weighted by Crippen LogP contribution is -2.30. The first-order chi connectivity index (χ1) is 16.8. The molecule has 1 spiro atoms. The van der Waals surface area contributed by atoms with Crippen LogP contribution in [0.5, 0.6) is 0 Å². The van der Waals surface area contributed by atoms with Gasteiger partial charge in [-0.3, -0.25) is 4.79 Å². The summed E-state index contributed by atoms with van der Waals surface area (Å²) in [6, 6.07) is 15.6. The van der Waals surface area contributed by atoms with E-state index in [1.165, 1.54) is 25.3 Å². The van der Waals surface area contributed by atoms with E-state index in [0.29, 0.717) is 24.2 Å². The van der Waals surface area contributed by atoms with Gasteiger partial charge >= 0.3 is 5.97 Å². The number of hydrogen-bond acceptors (Lipinski definition) is 4. The molecule has 1 aliphatic heterocycles. The third-order valence-electron chi connectivity index (χ3n) is 7.02. The molecule has 1 amide bonds. The summed E-state index contributed by atoms with van der Waals surface area (Å²) in [5.41, 5.74) is 3.94. The van der Waals surface area contributed by atoms with Crippen molar-refractivity contribution in [2.75, 3.05) is 18.6 Å². The number of halogens is 2. The molecule has 1 heterocycles. The van der Waals surface area contributed by atoms with Crippen molar-refractivity contribution in [1.29, 1.82) is 0 Å². The summed E-state index contributed by atoms with van der Waals surface area (Å²) in [6.45, 7) is 3.04. The normalized spacial score (nSPS) is 16.1. The van der Waals surface area contributed by atoms with E-state index in [9.17, 15) is 18.4 Å². The number of amides is 1. The average molecular weight is 477 g/mol. The van der Waals surface area contributed by atoms with E-state index in [4.69, 9.17) is 4.74 Å². The van der Waals surface area contributed by atoms with Crippen LogP contribution in [0.1, 0.15) is 63.2 Å². The molecule has 7 heteroatoms. The number of hydrogen-bond donors (Lipinski definition) is 1. The van der Waals surface area contributed by atoms with E-state index in [2.05, 4.69) is 10.2 Å². The highest BCUT2D eigenvalue weighted by Crippen LogP contribution is 2.57. The van der Waals surface area contributed by atoms with Gasteiger partial charge in [0.05, 0.1) is 30.0 Å². The number of rotatable bonds is 6. The Labute approximate surface area is 202 Å². The summed E-state index contributed by atoms with van der Waals surface area (Å²) in [5, 5.41) is 2.97. The molecule has 2 aliphatic rings. The Morgan fingerprint density at radius 1 is 1.03 bits per heavy atom. The first kappa shape index (κ1) is 23.0. The van der Waals surface area contributed by atoms with E-state index in [0.717, 1.165) is 35.2 Å². The van der Waals surface area contributed by atoms with Crippen molar-refractivity contribution in [2.24, 2.45) is 0 Å². The zero-order chi connectivity index (χ0) is 24.7. The van der Waals surface area contributed by atoms with E-state index in [1.807, 2.05) is 6.92 Å². The zero-order valence-electron chi connectivity index (χ0n) is 19.6. The quantitative estimate of drug-likeness (QED) is 0.491. The highest BCUT2D eigenvalue weighted by molar-refractivity contribution is 6.02. The second-order valence-corrected chi connectivity index (χ2v) is 9.42. The molecule has 1 saturated carbocycles. The van der Waals surface area contributed by atoms with Gasteiger partial charge in [0.2, 0.25) is 0 Å². The van der Waals surface area contributed by atoms with E-state index in [1.54, 1.807) is 42.5 Å². The van der Waals surface area contributed by atoms with Crippen LogP contribution in [-0.4, -0.2) is 25.5 Å². The highest BCUT2D eigenvalue weighted by atomic mass is 19.1. The summed E-state index contributed by atoms with van der Waals surface area (Å²) >= 11 is 0. The fraction of sp³-hybridized carbons (Fsp3) is 0.286. The van der Waals surface area contributed by atoms with Gasteiger partial charge in [-0.1, -0.05) is 24.3 Å². The largest absolute Gasteiger partial charge is 0.465 e. The summed E-state index contributed by atoms with van der Waals surface area (Å²) in [6.07, 6.45) is 1.90. The van der Waals surface area contributed by atoms with Gasteiger partial charge in [-0.05, 0) is 72.9 Å². The number of benzene rings is 3. The molecule has 0 unspecified atom stereocenters. The minimum atomic E-state index is -0.432. The van der Waals surface area contributed by atoms with Crippen molar-refractivity contribution in [3.05, 3.63) is 100 Å². The number of fused-ring (bicyclic) bond motifs is 2. The molecule has 1 atom stereocenters. The molecule has 0 radical (unpaired) electrons. The van der Waals surface area contributed by atoms with Crippen molar-refractivity contribution in [2.45, 2.75) is 37.8 Å². The van der Waals surface area contributed by atoms with Crippen LogP contribution in [0.2, 0.25) is 0 Å². The molecule has 0 aromatic heterocycles. The van der Waals surface area contributed by atoms with Crippen LogP contribution >= 0.6 is 0 Å². The fourth-order valence-electron chi connectivity index (χ4n) is 4.95. The predicted molar refractivity (Wildman–Crippen MR) is 128 cm³/mol. The Morgan fingerprint density at radius 3 is 2.34 bits per heavy atom. The topological polar surface area (TPSA) is 58.6 Å². The number of carbonyl (C=O) groups is 2. The van der Waals surface area contributed by atoms with Crippen LogP contribution < -0.4 is 10.2 Å². The SMILES string of the molecule is COC(=O)c1ccc([C@H](C)NC(=O)c2cc(F)cc3c2N(Cc2ccc(F)cc2)CC32CC2)cc1. The maximum absolute atomic E-state index is 14.7. The molecule has 0 saturated heterocycles. The molecule has 1 aliphatic carbocycles. The van der Waals surface area contributed by atoms with Gasteiger partial charge in [-0.25, -0.2) is 13.6 Å². The van der Waals surface area contributed by atoms with Gasteiger partial charge < -0.3 is 15.0 Å². The standard InChI is InChI=1S/C28H26F2N2O3/c1-17(19-5-7-20(8-6-19)27(34)35-2)31-26(33)23-13-22(30)14-24-25(23)32(16-28(24)11-12-28)15-18-3-9-21(29)10-4-18/h3-10,13-14,17H,11-12,15-16H2,1-2H3,(H,31,33)/t17-/m0/s1. The molecule has 35 heavy (non-hydrogen) atoms. The van der Waals surface area contributed by atoms with Gasteiger partial charge in [-0.15, -0.1) is 0 Å². The Kier molecular flexibility index (Phi) is 5.79. The number of anilines is 1. The Balaban J connectivity index is 1.42. The van der Waals surface area contributed by atoms with E-state index in [-0.39, 0.29) is 23.2 Å². The second kappa shape index (κ2) is 8.80. The number of ether oxygens (including phenoxy) is 1. The number of nitrogens with one attached hydrogen (secondary N) is 1. The lowest BCUT2D eigenvalue weighted by Gasteiger charge is -2.23. The van der Waals surface area contributed by atoms with Crippen molar-refractivity contribution in [3.63, 3.8) is 0 Å². The molecule has 5 nitrogen and oxygen atoms in total. The molecule has 1 fully saturated rings. The molecular formula is C28H26F2N2O3. The van der Waals surface area contributed by atoms with Gasteiger partial charge in [0, 0.05) is 18.5 Å². The summed E-state index contributed by atoms with van der Waals surface area (Å²) in [7, 11) is 1.32. The molecule has 3 aromatic rings.